The van der Waals surface area contributed by atoms with E-state index in [0.29, 0.717) is 19.3 Å². The molecule has 0 aromatic carbocycles. The maximum Gasteiger partial charge on any atom is 0.306 e. The van der Waals surface area contributed by atoms with Gasteiger partial charge >= 0.3 is 17.9 Å². The van der Waals surface area contributed by atoms with Crippen LogP contribution < -0.4 is 0 Å². The van der Waals surface area contributed by atoms with Crippen molar-refractivity contribution in [3.63, 3.8) is 0 Å². The Kier molecular flexibility index (Phi) is 59.9. The van der Waals surface area contributed by atoms with Crippen LogP contribution in [0.5, 0.6) is 0 Å². The molecule has 0 radical (unpaired) electrons. The molecule has 0 N–H and O–H groups in total. The summed E-state index contributed by atoms with van der Waals surface area (Å²) in [7, 11) is 0. The van der Waals surface area contributed by atoms with Crippen molar-refractivity contribution in [3.8, 4) is 0 Å². The fourth-order valence-electron chi connectivity index (χ4n) is 8.56. The summed E-state index contributed by atoms with van der Waals surface area (Å²) in [5.74, 6) is -0.940. The van der Waals surface area contributed by atoms with E-state index in [1.165, 1.54) is 122 Å². The van der Waals surface area contributed by atoms with Crippen LogP contribution in [-0.4, -0.2) is 37.2 Å². The number of hydrogen-bond acceptors (Lipinski definition) is 6. The maximum absolute atomic E-state index is 12.8. The van der Waals surface area contributed by atoms with E-state index < -0.39 is 6.10 Å². The van der Waals surface area contributed by atoms with Gasteiger partial charge in [0.05, 0.1) is 0 Å². The molecule has 1 unspecified atom stereocenters. The van der Waals surface area contributed by atoms with Crippen LogP contribution in [-0.2, 0) is 28.6 Å². The summed E-state index contributed by atoms with van der Waals surface area (Å²) in [5.41, 5.74) is 0. The van der Waals surface area contributed by atoms with Gasteiger partial charge in [-0.3, -0.25) is 14.4 Å². The zero-order valence-corrected chi connectivity index (χ0v) is 49.5. The first kappa shape index (κ1) is 71.8. The van der Waals surface area contributed by atoms with Crippen molar-refractivity contribution in [3.05, 3.63) is 122 Å². The molecule has 0 saturated heterocycles. The number of rotatable bonds is 56. The molecule has 0 aromatic rings. The fraction of sp³-hybridized carbons (Fsp3) is 0.671. The van der Waals surface area contributed by atoms with Gasteiger partial charge in [-0.25, -0.2) is 0 Å². The first-order chi connectivity index (χ1) is 37.5. The summed E-state index contributed by atoms with van der Waals surface area (Å²) < 4.78 is 16.8. The molecule has 6 heteroatoms. The first-order valence-corrected chi connectivity index (χ1v) is 31.5. The van der Waals surface area contributed by atoms with Gasteiger partial charge in [0.15, 0.2) is 6.10 Å². The minimum Gasteiger partial charge on any atom is -0.462 e. The molecule has 0 aliphatic rings. The number of ether oxygens (including phenoxy) is 3. The maximum atomic E-state index is 12.8. The summed E-state index contributed by atoms with van der Waals surface area (Å²) in [4.78, 5) is 38.1. The second-order valence-electron chi connectivity index (χ2n) is 20.6. The third-order valence-electron chi connectivity index (χ3n) is 13.2. The molecule has 0 aliphatic carbocycles. The molecule has 0 saturated carbocycles. The molecular weight excluding hydrogens is 937 g/mol. The predicted molar refractivity (Wildman–Crippen MR) is 330 cm³/mol. The Balaban J connectivity index is 4.21. The van der Waals surface area contributed by atoms with Gasteiger partial charge in [0.1, 0.15) is 13.2 Å². The van der Waals surface area contributed by atoms with Gasteiger partial charge in [-0.1, -0.05) is 277 Å². The predicted octanol–water partition coefficient (Wildman–Crippen LogP) is 21.6. The molecule has 0 aromatic heterocycles. The van der Waals surface area contributed by atoms with Crippen LogP contribution in [0.4, 0.5) is 0 Å². The summed E-state index contributed by atoms with van der Waals surface area (Å²) in [6, 6.07) is 0. The van der Waals surface area contributed by atoms with Crippen LogP contribution in [0.3, 0.4) is 0 Å². The van der Waals surface area contributed by atoms with Crippen LogP contribution in [0, 0.1) is 0 Å². The fourth-order valence-corrected chi connectivity index (χ4v) is 8.56. The minimum atomic E-state index is -0.801. The Morgan fingerprint density at radius 3 is 0.829 bits per heavy atom. The van der Waals surface area contributed by atoms with E-state index in [-0.39, 0.29) is 37.5 Å². The van der Waals surface area contributed by atoms with Gasteiger partial charge in [0.25, 0.3) is 0 Å². The second-order valence-corrected chi connectivity index (χ2v) is 20.6. The van der Waals surface area contributed by atoms with Crippen molar-refractivity contribution in [2.24, 2.45) is 0 Å². The SMILES string of the molecule is CC/C=C\C/C=C\C/C=C\C/C=C\C/C=C\C/C=C\CCCCC(=O)OC(COC(=O)CCCCCCCCCC)COC(=O)CCCCCCCCCCCCCCCCCC/C=C\C/C=C\C/C=C\C/C=C\CC. The van der Waals surface area contributed by atoms with E-state index in [2.05, 4.69) is 142 Å². The van der Waals surface area contributed by atoms with Crippen LogP contribution in [0.1, 0.15) is 284 Å². The van der Waals surface area contributed by atoms with E-state index in [1.807, 2.05) is 0 Å². The average Bonchev–Trinajstić information content (AvgIpc) is 3.42. The summed E-state index contributed by atoms with van der Waals surface area (Å²) in [6.45, 7) is 6.36. The number of hydrogen-bond donors (Lipinski definition) is 0. The molecule has 0 amide bonds. The van der Waals surface area contributed by atoms with Gasteiger partial charge in [-0.2, -0.15) is 0 Å². The third kappa shape index (κ3) is 60.7. The lowest BCUT2D eigenvalue weighted by molar-refractivity contribution is -0.167. The molecular formula is C70H116O6. The Hall–Kier alpha value is -4.19. The van der Waals surface area contributed by atoms with Crippen molar-refractivity contribution in [2.45, 2.75) is 290 Å². The Morgan fingerprint density at radius 2 is 0.513 bits per heavy atom. The molecule has 432 valence electrons. The number of unbranched alkanes of at least 4 members (excludes halogenated alkanes) is 25. The highest BCUT2D eigenvalue weighted by Crippen LogP contribution is 2.16. The number of esters is 3. The van der Waals surface area contributed by atoms with E-state index in [4.69, 9.17) is 14.2 Å². The lowest BCUT2D eigenvalue weighted by Crippen LogP contribution is -2.30. The zero-order valence-electron chi connectivity index (χ0n) is 49.5. The van der Waals surface area contributed by atoms with E-state index in [1.54, 1.807) is 0 Å². The van der Waals surface area contributed by atoms with Crippen LogP contribution in [0.15, 0.2) is 122 Å². The zero-order chi connectivity index (χ0) is 55.0. The van der Waals surface area contributed by atoms with Crippen molar-refractivity contribution >= 4 is 17.9 Å². The summed E-state index contributed by atoms with van der Waals surface area (Å²) >= 11 is 0. The van der Waals surface area contributed by atoms with Crippen molar-refractivity contribution < 1.29 is 28.6 Å². The van der Waals surface area contributed by atoms with E-state index in [9.17, 15) is 14.4 Å². The summed E-state index contributed by atoms with van der Waals surface area (Å²) in [5, 5.41) is 0. The monoisotopic (exact) mass is 1050 g/mol. The van der Waals surface area contributed by atoms with Crippen LogP contribution >= 0.6 is 0 Å². The normalized spacial score (nSPS) is 12.9. The van der Waals surface area contributed by atoms with Crippen molar-refractivity contribution in [2.75, 3.05) is 13.2 Å². The summed E-state index contributed by atoms with van der Waals surface area (Å²) in [6.07, 6.45) is 88.0. The molecule has 0 fully saturated rings. The smallest absolute Gasteiger partial charge is 0.306 e. The highest BCUT2D eigenvalue weighted by Gasteiger charge is 2.19. The molecule has 6 nitrogen and oxygen atoms in total. The molecule has 76 heavy (non-hydrogen) atoms. The quantitative estimate of drug-likeness (QED) is 0.0261. The Labute approximate surface area is 469 Å². The van der Waals surface area contributed by atoms with Gasteiger partial charge in [-0.05, 0) is 109 Å². The van der Waals surface area contributed by atoms with E-state index >= 15 is 0 Å². The van der Waals surface area contributed by atoms with Crippen LogP contribution in [0.2, 0.25) is 0 Å². The van der Waals surface area contributed by atoms with E-state index in [0.717, 1.165) is 116 Å². The standard InChI is InChI=1S/C70H116O6/c1-4-7-10-13-16-19-21-23-25-27-29-31-32-33-34-35-36-37-38-40-41-43-45-47-49-51-54-57-60-63-69(72)75-66-67(65-74-68(71)62-59-56-53-18-15-12-9-6-3)76-70(73)64-61-58-55-52-50-48-46-44-42-39-30-28-26-24-22-20-17-14-11-8-5-2/h7-8,10-11,16-17,19-20,23-26,29-31,39,44,46,50,52,67H,4-6,9,12-15,18,21-22,27-28,32-38,40-43,45,47-49,51,53-66H2,1-3H3/b10-7-,11-8-,19-16-,20-17-,25-23-,26-24-,31-29-,39-30-,46-44-,52-50-. The Bertz CT molecular complexity index is 1590. The van der Waals surface area contributed by atoms with Gasteiger partial charge in [0, 0.05) is 19.3 Å². The minimum absolute atomic E-state index is 0.0952. The lowest BCUT2D eigenvalue weighted by Gasteiger charge is -2.18. The number of carbonyl (C=O) groups is 3. The molecule has 0 bridgehead atoms. The van der Waals surface area contributed by atoms with Crippen molar-refractivity contribution in [1.82, 2.24) is 0 Å². The highest BCUT2D eigenvalue weighted by molar-refractivity contribution is 5.71. The first-order valence-electron chi connectivity index (χ1n) is 31.5. The Morgan fingerprint density at radius 1 is 0.276 bits per heavy atom. The number of allylic oxidation sites excluding steroid dienone is 20. The number of carbonyl (C=O) groups excluding carboxylic acids is 3. The van der Waals surface area contributed by atoms with Gasteiger partial charge in [-0.15, -0.1) is 0 Å². The lowest BCUT2D eigenvalue weighted by atomic mass is 10.0. The third-order valence-corrected chi connectivity index (χ3v) is 13.2. The molecule has 0 spiro atoms. The molecule has 0 rings (SSSR count). The topological polar surface area (TPSA) is 78.9 Å². The molecule has 0 heterocycles. The highest BCUT2D eigenvalue weighted by atomic mass is 16.6. The largest absolute Gasteiger partial charge is 0.462 e. The molecule has 1 atom stereocenters. The average molecular weight is 1050 g/mol. The van der Waals surface area contributed by atoms with Crippen molar-refractivity contribution in [1.29, 1.82) is 0 Å². The second kappa shape index (κ2) is 63.3. The van der Waals surface area contributed by atoms with Gasteiger partial charge in [0.2, 0.25) is 0 Å². The molecule has 0 aliphatic heterocycles. The van der Waals surface area contributed by atoms with Crippen LogP contribution in [0.25, 0.3) is 0 Å². The van der Waals surface area contributed by atoms with Gasteiger partial charge < -0.3 is 14.2 Å².